The van der Waals surface area contributed by atoms with Crippen LogP contribution in [0.25, 0.3) is 0 Å². The molecule has 21 heavy (non-hydrogen) atoms. The fourth-order valence-corrected chi connectivity index (χ4v) is 2.69. The van der Waals surface area contributed by atoms with E-state index in [2.05, 4.69) is 0 Å². The molecular formula is C13H19N3O5. The second kappa shape index (κ2) is 6.11. The highest BCUT2D eigenvalue weighted by molar-refractivity contribution is 6.04. The lowest BCUT2D eigenvalue weighted by Gasteiger charge is -2.32. The van der Waals surface area contributed by atoms with Crippen molar-refractivity contribution in [3.05, 3.63) is 0 Å². The van der Waals surface area contributed by atoms with Crippen LogP contribution in [-0.4, -0.2) is 76.8 Å². The predicted octanol–water partition coefficient (Wildman–Crippen LogP) is -0.406. The Labute approximate surface area is 122 Å². The van der Waals surface area contributed by atoms with E-state index in [0.29, 0.717) is 25.9 Å². The van der Waals surface area contributed by atoms with Gasteiger partial charge in [0.1, 0.15) is 13.1 Å². The Morgan fingerprint density at radius 3 is 2.33 bits per heavy atom. The Bertz CT molecular complexity index is 470. The lowest BCUT2D eigenvalue weighted by molar-refractivity contribution is -0.139. The normalized spacial score (nSPS) is 20.3. The van der Waals surface area contributed by atoms with Crippen LogP contribution in [0.2, 0.25) is 0 Å². The van der Waals surface area contributed by atoms with Crippen molar-refractivity contribution < 1.29 is 24.3 Å². The summed E-state index contributed by atoms with van der Waals surface area (Å²) >= 11 is 0. The number of urea groups is 1. The van der Waals surface area contributed by atoms with Crippen LogP contribution in [0, 0.1) is 5.92 Å². The number of carbonyl (C=O) groups is 4. The van der Waals surface area contributed by atoms with E-state index in [1.54, 1.807) is 4.90 Å². The number of carboxylic acid groups (broad SMARTS) is 1. The molecule has 0 aliphatic carbocycles. The molecule has 0 radical (unpaired) electrons. The molecule has 0 aromatic rings. The van der Waals surface area contributed by atoms with E-state index < -0.39 is 12.0 Å². The second-order valence-electron chi connectivity index (χ2n) is 5.54. The van der Waals surface area contributed by atoms with Crippen molar-refractivity contribution in [1.82, 2.24) is 14.7 Å². The first-order valence-corrected chi connectivity index (χ1v) is 6.93. The van der Waals surface area contributed by atoms with E-state index in [-0.39, 0.29) is 37.2 Å². The van der Waals surface area contributed by atoms with E-state index in [4.69, 9.17) is 5.11 Å². The molecule has 2 saturated heterocycles. The SMILES string of the molecule is CN1CC(=O)N(CC(=O)N2CCC(CC(=O)O)CC2)C1=O. The number of aliphatic carboxylic acids is 1. The highest BCUT2D eigenvalue weighted by Crippen LogP contribution is 2.21. The molecule has 2 heterocycles. The van der Waals surface area contributed by atoms with Gasteiger partial charge in [-0.15, -0.1) is 0 Å². The summed E-state index contributed by atoms with van der Waals surface area (Å²) in [5, 5.41) is 8.75. The smallest absolute Gasteiger partial charge is 0.327 e. The fourth-order valence-electron chi connectivity index (χ4n) is 2.69. The van der Waals surface area contributed by atoms with Crippen molar-refractivity contribution in [3.63, 3.8) is 0 Å². The minimum Gasteiger partial charge on any atom is -0.481 e. The Kier molecular flexibility index (Phi) is 4.44. The van der Waals surface area contributed by atoms with Crippen molar-refractivity contribution >= 4 is 23.8 Å². The summed E-state index contributed by atoms with van der Waals surface area (Å²) in [4.78, 5) is 49.9. The quantitative estimate of drug-likeness (QED) is 0.712. The number of carbonyl (C=O) groups excluding carboxylic acids is 3. The van der Waals surface area contributed by atoms with E-state index in [1.165, 1.54) is 11.9 Å². The van der Waals surface area contributed by atoms with Gasteiger partial charge in [0.2, 0.25) is 5.91 Å². The summed E-state index contributed by atoms with van der Waals surface area (Å²) in [7, 11) is 1.52. The third kappa shape index (κ3) is 3.50. The van der Waals surface area contributed by atoms with Gasteiger partial charge in [0.05, 0.1) is 0 Å². The molecule has 8 heteroatoms. The molecule has 8 nitrogen and oxygen atoms in total. The van der Waals surface area contributed by atoms with Crippen molar-refractivity contribution in [2.24, 2.45) is 5.92 Å². The number of amides is 4. The zero-order valence-electron chi connectivity index (χ0n) is 11.9. The molecule has 2 aliphatic heterocycles. The Morgan fingerprint density at radius 2 is 1.86 bits per heavy atom. The largest absolute Gasteiger partial charge is 0.481 e. The van der Waals surface area contributed by atoms with Gasteiger partial charge in [-0.1, -0.05) is 0 Å². The maximum Gasteiger partial charge on any atom is 0.327 e. The van der Waals surface area contributed by atoms with Crippen molar-refractivity contribution in [3.8, 4) is 0 Å². The zero-order valence-corrected chi connectivity index (χ0v) is 11.9. The number of likely N-dealkylation sites (tertiary alicyclic amines) is 1. The summed E-state index contributed by atoms with van der Waals surface area (Å²) in [6.07, 6.45) is 1.40. The van der Waals surface area contributed by atoms with Crippen LogP contribution < -0.4 is 0 Å². The standard InChI is InChI=1S/C13H19N3O5/c1-14-7-11(18)16(13(14)21)8-10(17)15-4-2-9(3-5-15)6-12(19)20/h9H,2-8H2,1H3,(H,19,20). The first kappa shape index (κ1) is 15.3. The fraction of sp³-hybridized carbons (Fsp3) is 0.692. The molecule has 116 valence electrons. The third-order valence-electron chi connectivity index (χ3n) is 3.95. The van der Waals surface area contributed by atoms with Gasteiger partial charge in [0.15, 0.2) is 0 Å². The summed E-state index contributed by atoms with van der Waals surface area (Å²) in [5.41, 5.74) is 0. The Morgan fingerprint density at radius 1 is 1.24 bits per heavy atom. The third-order valence-corrected chi connectivity index (χ3v) is 3.95. The molecule has 0 aromatic heterocycles. The molecule has 0 saturated carbocycles. The molecular weight excluding hydrogens is 278 g/mol. The summed E-state index contributed by atoms with van der Waals surface area (Å²) in [6.45, 7) is 0.726. The second-order valence-corrected chi connectivity index (χ2v) is 5.54. The number of hydrogen-bond acceptors (Lipinski definition) is 4. The van der Waals surface area contributed by atoms with Gasteiger partial charge in [-0.2, -0.15) is 0 Å². The van der Waals surface area contributed by atoms with Gasteiger partial charge >= 0.3 is 12.0 Å². The monoisotopic (exact) mass is 297 g/mol. The summed E-state index contributed by atoms with van der Waals surface area (Å²) in [5.74, 6) is -1.36. The van der Waals surface area contributed by atoms with Crippen LogP contribution in [0.3, 0.4) is 0 Å². The van der Waals surface area contributed by atoms with Crippen LogP contribution in [-0.2, 0) is 14.4 Å². The number of carboxylic acids is 1. The lowest BCUT2D eigenvalue weighted by atomic mass is 9.93. The number of piperidine rings is 1. The lowest BCUT2D eigenvalue weighted by Crippen LogP contribution is -2.46. The zero-order chi connectivity index (χ0) is 15.6. The molecule has 0 aromatic carbocycles. The molecule has 0 spiro atoms. The highest BCUT2D eigenvalue weighted by Gasteiger charge is 2.36. The number of rotatable bonds is 4. The van der Waals surface area contributed by atoms with Gasteiger partial charge in [-0.25, -0.2) is 4.79 Å². The van der Waals surface area contributed by atoms with Crippen LogP contribution in [0.4, 0.5) is 4.79 Å². The van der Waals surface area contributed by atoms with E-state index in [9.17, 15) is 19.2 Å². The van der Waals surface area contributed by atoms with Crippen LogP contribution >= 0.6 is 0 Å². The molecule has 0 bridgehead atoms. The van der Waals surface area contributed by atoms with Gasteiger partial charge in [0, 0.05) is 26.6 Å². The number of likely N-dealkylation sites (N-methyl/N-ethyl adjacent to an activating group) is 1. The molecule has 1 N–H and O–H groups in total. The molecule has 4 amide bonds. The molecule has 0 unspecified atom stereocenters. The van der Waals surface area contributed by atoms with Crippen molar-refractivity contribution in [2.45, 2.75) is 19.3 Å². The van der Waals surface area contributed by atoms with Crippen LogP contribution in [0.5, 0.6) is 0 Å². The van der Waals surface area contributed by atoms with Gasteiger partial charge < -0.3 is 14.9 Å². The summed E-state index contributed by atoms with van der Waals surface area (Å²) in [6, 6.07) is -0.450. The van der Waals surface area contributed by atoms with Crippen molar-refractivity contribution in [2.75, 3.05) is 33.2 Å². The first-order chi connectivity index (χ1) is 9.88. The van der Waals surface area contributed by atoms with Gasteiger partial charge in [-0.3, -0.25) is 19.3 Å². The van der Waals surface area contributed by atoms with E-state index in [0.717, 1.165) is 4.90 Å². The molecule has 2 fully saturated rings. The average Bonchev–Trinajstić information content (AvgIpc) is 2.65. The maximum absolute atomic E-state index is 12.1. The summed E-state index contributed by atoms with van der Waals surface area (Å²) < 4.78 is 0. The topological polar surface area (TPSA) is 98.2 Å². The van der Waals surface area contributed by atoms with Crippen molar-refractivity contribution in [1.29, 1.82) is 0 Å². The maximum atomic E-state index is 12.1. The molecule has 0 atom stereocenters. The number of imide groups is 1. The predicted molar refractivity (Wildman–Crippen MR) is 71.3 cm³/mol. The van der Waals surface area contributed by atoms with Crippen LogP contribution in [0.15, 0.2) is 0 Å². The Hall–Kier alpha value is -2.12. The van der Waals surface area contributed by atoms with E-state index >= 15 is 0 Å². The number of nitrogens with zero attached hydrogens (tertiary/aromatic N) is 3. The van der Waals surface area contributed by atoms with E-state index in [1.807, 2.05) is 0 Å². The highest BCUT2D eigenvalue weighted by atomic mass is 16.4. The Balaban J connectivity index is 1.84. The average molecular weight is 297 g/mol. The van der Waals surface area contributed by atoms with Gasteiger partial charge in [0.25, 0.3) is 5.91 Å². The number of hydrogen-bond donors (Lipinski definition) is 1. The molecule has 2 rings (SSSR count). The minimum absolute atomic E-state index is 0.00675. The van der Waals surface area contributed by atoms with Crippen LogP contribution in [0.1, 0.15) is 19.3 Å². The first-order valence-electron chi connectivity index (χ1n) is 6.93. The minimum atomic E-state index is -0.823. The van der Waals surface area contributed by atoms with Gasteiger partial charge in [-0.05, 0) is 18.8 Å². The molecule has 2 aliphatic rings.